The minimum Gasteiger partial charge on any atom is -0.480 e. The predicted octanol–water partition coefficient (Wildman–Crippen LogP) is 1.08. The van der Waals surface area contributed by atoms with Crippen molar-refractivity contribution in [3.8, 4) is 0 Å². The number of hydrogen-bond acceptors (Lipinski definition) is 3. The van der Waals surface area contributed by atoms with E-state index in [2.05, 4.69) is 6.92 Å². The van der Waals surface area contributed by atoms with E-state index in [9.17, 15) is 15.0 Å². The average molecular weight is 227 g/mol. The lowest BCUT2D eigenvalue weighted by atomic mass is 9.90. The minimum atomic E-state index is -0.731. The molecule has 16 heavy (non-hydrogen) atoms. The number of likely N-dealkylation sites (tertiary alicyclic amines) is 1. The Morgan fingerprint density at radius 1 is 1.31 bits per heavy atom. The highest BCUT2D eigenvalue weighted by Crippen LogP contribution is 2.31. The van der Waals surface area contributed by atoms with Crippen molar-refractivity contribution in [3.05, 3.63) is 0 Å². The van der Waals surface area contributed by atoms with Crippen LogP contribution in [0.15, 0.2) is 0 Å². The van der Waals surface area contributed by atoms with Gasteiger partial charge in [-0.2, -0.15) is 0 Å². The van der Waals surface area contributed by atoms with E-state index in [1.807, 2.05) is 4.90 Å². The van der Waals surface area contributed by atoms with Crippen LogP contribution in [0.1, 0.15) is 39.0 Å². The summed E-state index contributed by atoms with van der Waals surface area (Å²) in [5.74, 6) is -0.249. The molecule has 1 heterocycles. The topological polar surface area (TPSA) is 60.8 Å². The Labute approximate surface area is 96.3 Å². The highest BCUT2D eigenvalue weighted by atomic mass is 16.4. The second-order valence-electron chi connectivity index (χ2n) is 5.29. The Hall–Kier alpha value is -0.610. The summed E-state index contributed by atoms with van der Waals surface area (Å²) < 4.78 is 0. The van der Waals surface area contributed by atoms with E-state index in [0.29, 0.717) is 5.92 Å². The summed E-state index contributed by atoms with van der Waals surface area (Å²) in [6.07, 6.45) is 4.23. The van der Waals surface area contributed by atoms with Gasteiger partial charge in [0, 0.05) is 6.04 Å². The maximum atomic E-state index is 11.3. The molecule has 2 fully saturated rings. The van der Waals surface area contributed by atoms with Gasteiger partial charge < -0.3 is 10.2 Å². The molecule has 2 rings (SSSR count). The van der Waals surface area contributed by atoms with Crippen molar-refractivity contribution in [2.75, 3.05) is 6.54 Å². The van der Waals surface area contributed by atoms with Crippen LogP contribution in [0, 0.1) is 5.92 Å². The summed E-state index contributed by atoms with van der Waals surface area (Å²) in [5.41, 5.74) is 0. The molecule has 0 aromatic rings. The second kappa shape index (κ2) is 4.72. The van der Waals surface area contributed by atoms with Crippen LogP contribution in [-0.4, -0.2) is 45.8 Å². The molecule has 0 aromatic carbocycles. The van der Waals surface area contributed by atoms with E-state index < -0.39 is 5.97 Å². The molecule has 0 aromatic heterocycles. The number of aliphatic hydroxyl groups excluding tert-OH is 1. The number of rotatable bonds is 2. The van der Waals surface area contributed by atoms with E-state index in [1.54, 1.807) is 0 Å². The van der Waals surface area contributed by atoms with Crippen LogP contribution in [0.2, 0.25) is 0 Å². The van der Waals surface area contributed by atoms with Crippen molar-refractivity contribution in [2.45, 2.75) is 57.2 Å². The Balaban J connectivity index is 2.08. The van der Waals surface area contributed by atoms with Crippen LogP contribution in [0.25, 0.3) is 0 Å². The van der Waals surface area contributed by atoms with Crippen molar-refractivity contribution in [1.29, 1.82) is 0 Å². The fourth-order valence-electron chi connectivity index (χ4n) is 3.11. The van der Waals surface area contributed by atoms with Crippen LogP contribution in [0.4, 0.5) is 0 Å². The molecule has 0 bridgehead atoms. The first-order valence-electron chi connectivity index (χ1n) is 6.26. The van der Waals surface area contributed by atoms with Crippen LogP contribution in [0.3, 0.4) is 0 Å². The summed E-state index contributed by atoms with van der Waals surface area (Å²) in [6, 6.07) is -0.310. The standard InChI is InChI=1S/C12H21NO3/c1-8-5-6-13(10(7-8)12(15)16)9-3-2-4-11(9)14/h8-11,14H,2-7H2,1H3,(H,15,16). The van der Waals surface area contributed by atoms with E-state index >= 15 is 0 Å². The third-order valence-corrected chi connectivity index (χ3v) is 4.06. The zero-order valence-electron chi connectivity index (χ0n) is 9.80. The molecule has 4 heteroatoms. The summed E-state index contributed by atoms with van der Waals surface area (Å²) in [4.78, 5) is 13.3. The zero-order chi connectivity index (χ0) is 11.7. The van der Waals surface area contributed by atoms with Crippen molar-refractivity contribution in [2.24, 2.45) is 5.92 Å². The molecule has 0 spiro atoms. The smallest absolute Gasteiger partial charge is 0.320 e. The number of carboxylic acids is 1. The number of aliphatic carboxylic acids is 1. The van der Waals surface area contributed by atoms with Gasteiger partial charge in [0.25, 0.3) is 0 Å². The number of piperidine rings is 1. The van der Waals surface area contributed by atoms with Crippen LogP contribution < -0.4 is 0 Å². The molecule has 2 aliphatic rings. The number of nitrogens with zero attached hydrogens (tertiary/aromatic N) is 1. The molecule has 0 radical (unpaired) electrons. The highest BCUT2D eigenvalue weighted by molar-refractivity contribution is 5.73. The van der Waals surface area contributed by atoms with E-state index in [0.717, 1.165) is 38.6 Å². The largest absolute Gasteiger partial charge is 0.480 e. The molecule has 4 nitrogen and oxygen atoms in total. The van der Waals surface area contributed by atoms with Gasteiger partial charge >= 0.3 is 5.97 Å². The Morgan fingerprint density at radius 3 is 2.62 bits per heavy atom. The molecule has 1 aliphatic carbocycles. The first kappa shape index (κ1) is 11.9. The monoisotopic (exact) mass is 227 g/mol. The van der Waals surface area contributed by atoms with Crippen molar-refractivity contribution in [3.63, 3.8) is 0 Å². The molecule has 2 N–H and O–H groups in total. The van der Waals surface area contributed by atoms with E-state index in [4.69, 9.17) is 0 Å². The number of hydrogen-bond donors (Lipinski definition) is 2. The first-order valence-corrected chi connectivity index (χ1v) is 6.26. The van der Waals surface area contributed by atoms with Crippen molar-refractivity contribution >= 4 is 5.97 Å². The molecule has 0 amide bonds. The Morgan fingerprint density at radius 2 is 2.06 bits per heavy atom. The first-order chi connectivity index (χ1) is 7.59. The third kappa shape index (κ3) is 2.23. The zero-order valence-corrected chi connectivity index (χ0v) is 9.80. The lowest BCUT2D eigenvalue weighted by Crippen LogP contribution is -2.53. The highest BCUT2D eigenvalue weighted by Gasteiger charge is 2.40. The third-order valence-electron chi connectivity index (χ3n) is 4.06. The summed E-state index contributed by atoms with van der Waals surface area (Å²) in [7, 11) is 0. The van der Waals surface area contributed by atoms with Gasteiger partial charge in [0.1, 0.15) is 6.04 Å². The average Bonchev–Trinajstić information content (AvgIpc) is 2.64. The van der Waals surface area contributed by atoms with Gasteiger partial charge in [0.05, 0.1) is 6.10 Å². The van der Waals surface area contributed by atoms with Gasteiger partial charge in [0.15, 0.2) is 0 Å². The van der Waals surface area contributed by atoms with Gasteiger partial charge in [-0.1, -0.05) is 6.92 Å². The molecule has 4 unspecified atom stereocenters. The van der Waals surface area contributed by atoms with Gasteiger partial charge in [-0.25, -0.2) is 0 Å². The maximum absolute atomic E-state index is 11.3. The lowest BCUT2D eigenvalue weighted by molar-refractivity contribution is -0.147. The normalized spacial score (nSPS) is 41.1. The second-order valence-corrected chi connectivity index (χ2v) is 5.29. The van der Waals surface area contributed by atoms with Gasteiger partial charge in [0.2, 0.25) is 0 Å². The maximum Gasteiger partial charge on any atom is 0.320 e. The fraction of sp³-hybridized carbons (Fsp3) is 0.917. The molecule has 1 saturated heterocycles. The predicted molar refractivity (Wildman–Crippen MR) is 60.2 cm³/mol. The van der Waals surface area contributed by atoms with Gasteiger partial charge in [-0.15, -0.1) is 0 Å². The lowest BCUT2D eigenvalue weighted by Gasteiger charge is -2.40. The molecular formula is C12H21NO3. The van der Waals surface area contributed by atoms with Gasteiger partial charge in [-0.05, 0) is 44.6 Å². The van der Waals surface area contributed by atoms with Crippen molar-refractivity contribution in [1.82, 2.24) is 4.90 Å². The SMILES string of the molecule is CC1CCN(C2CCCC2O)C(C(=O)O)C1. The quantitative estimate of drug-likeness (QED) is 0.741. The van der Waals surface area contributed by atoms with E-state index in [1.165, 1.54) is 0 Å². The van der Waals surface area contributed by atoms with Crippen LogP contribution in [0.5, 0.6) is 0 Å². The summed E-state index contributed by atoms with van der Waals surface area (Å²) in [5, 5.41) is 19.1. The number of aliphatic hydroxyl groups is 1. The molecule has 92 valence electrons. The fourth-order valence-corrected chi connectivity index (χ4v) is 3.11. The van der Waals surface area contributed by atoms with Crippen LogP contribution in [-0.2, 0) is 4.79 Å². The Bertz CT molecular complexity index is 269. The Kier molecular flexibility index (Phi) is 3.50. The number of carbonyl (C=O) groups is 1. The summed E-state index contributed by atoms with van der Waals surface area (Å²) in [6.45, 7) is 2.93. The molecular weight excluding hydrogens is 206 g/mol. The molecule has 4 atom stereocenters. The van der Waals surface area contributed by atoms with E-state index in [-0.39, 0.29) is 18.2 Å². The van der Waals surface area contributed by atoms with Crippen molar-refractivity contribution < 1.29 is 15.0 Å². The van der Waals surface area contributed by atoms with Gasteiger partial charge in [-0.3, -0.25) is 9.69 Å². The molecule has 1 saturated carbocycles. The minimum absolute atomic E-state index is 0.0774. The number of carboxylic acid groups (broad SMARTS) is 1. The van der Waals surface area contributed by atoms with Crippen LogP contribution >= 0.6 is 0 Å². The summed E-state index contributed by atoms with van der Waals surface area (Å²) >= 11 is 0. The molecule has 1 aliphatic heterocycles.